The van der Waals surface area contributed by atoms with Crippen LogP contribution in [0.1, 0.15) is 290 Å². The average molecular weight is 1090 g/mol. The third-order valence-corrected chi connectivity index (χ3v) is 13.6. The summed E-state index contributed by atoms with van der Waals surface area (Å²) in [6, 6.07) is 0. The smallest absolute Gasteiger partial charge is 0.306 e. The molecule has 0 aliphatic heterocycles. The van der Waals surface area contributed by atoms with Gasteiger partial charge < -0.3 is 14.2 Å². The number of unbranched alkanes of at least 4 members (excludes halogenated alkanes) is 25. The molecule has 0 rings (SSSR count). The lowest BCUT2D eigenvalue weighted by Gasteiger charge is -2.18. The summed E-state index contributed by atoms with van der Waals surface area (Å²) < 4.78 is 16.9. The van der Waals surface area contributed by atoms with Crippen molar-refractivity contribution < 1.29 is 28.6 Å². The molecule has 1 unspecified atom stereocenters. The third kappa shape index (κ3) is 64.3. The molecular formula is C73H120O6. The van der Waals surface area contributed by atoms with Crippen molar-refractivity contribution in [3.8, 4) is 0 Å². The molecule has 79 heavy (non-hydrogen) atoms. The molecule has 0 amide bonds. The standard InChI is InChI=1S/C73H120O6/c1-4-7-10-13-16-19-22-25-28-30-32-33-34-35-36-37-38-39-41-42-45-48-51-54-57-60-63-66-72(75)78-69-70(68-77-71(74)65-62-59-56-53-50-47-44-27-24-21-18-15-12-9-6-3)79-73(76)67-64-61-58-55-52-49-46-43-40-31-29-26-23-20-17-14-11-8-5-2/h7,10,16-17,19-20,25-26,28-29,32-33,35-36,38-40,42-43,45,51,54,70H,4-6,8-9,11-15,18,21-24,27,30-31,34,37,41,44,46-50,52-53,55-69H2,1-3H3/b10-7-,19-16-,20-17-,28-25-,29-26-,33-32-,36-35-,39-38-,43-40-,45-42-,54-51-. The monoisotopic (exact) mass is 1090 g/mol. The minimum Gasteiger partial charge on any atom is -0.462 e. The molecular weight excluding hydrogens is 973 g/mol. The number of rotatable bonds is 58. The SMILES string of the molecule is CC/C=C\C/C=C\C/C=C\C/C=C\C/C=C\C/C=C\C/C=C\C/C=C\CCCCC(=O)OCC(COC(=O)CCCCCCCCCCCCCCCCC)OC(=O)CCCCCCCC/C=C\C/C=C\C/C=C\CCCCC. The van der Waals surface area contributed by atoms with Crippen molar-refractivity contribution >= 4 is 17.9 Å². The molecule has 1 atom stereocenters. The molecule has 0 radical (unpaired) electrons. The van der Waals surface area contributed by atoms with Gasteiger partial charge in [0, 0.05) is 19.3 Å². The maximum absolute atomic E-state index is 12.9. The van der Waals surface area contributed by atoms with Gasteiger partial charge >= 0.3 is 17.9 Å². The van der Waals surface area contributed by atoms with Crippen molar-refractivity contribution in [3.05, 3.63) is 134 Å². The van der Waals surface area contributed by atoms with Gasteiger partial charge in [-0.1, -0.05) is 283 Å². The van der Waals surface area contributed by atoms with Crippen molar-refractivity contribution in [2.45, 2.75) is 297 Å². The van der Waals surface area contributed by atoms with Gasteiger partial charge in [-0.25, -0.2) is 0 Å². The van der Waals surface area contributed by atoms with Crippen LogP contribution in [0.5, 0.6) is 0 Å². The molecule has 0 aromatic rings. The number of esters is 3. The van der Waals surface area contributed by atoms with E-state index in [0.717, 1.165) is 128 Å². The highest BCUT2D eigenvalue weighted by Gasteiger charge is 2.19. The van der Waals surface area contributed by atoms with Crippen molar-refractivity contribution in [2.24, 2.45) is 0 Å². The van der Waals surface area contributed by atoms with Crippen LogP contribution in [0.25, 0.3) is 0 Å². The lowest BCUT2D eigenvalue weighted by Crippen LogP contribution is -2.30. The van der Waals surface area contributed by atoms with Crippen LogP contribution in [0.3, 0.4) is 0 Å². The van der Waals surface area contributed by atoms with Crippen LogP contribution in [0.15, 0.2) is 134 Å². The van der Waals surface area contributed by atoms with E-state index in [1.54, 1.807) is 0 Å². The first-order valence-corrected chi connectivity index (χ1v) is 32.7. The fourth-order valence-electron chi connectivity index (χ4n) is 8.76. The number of carbonyl (C=O) groups is 3. The second-order valence-corrected chi connectivity index (χ2v) is 21.3. The fraction of sp³-hybridized carbons (Fsp3) is 0.658. The lowest BCUT2D eigenvalue weighted by molar-refractivity contribution is -0.167. The minimum atomic E-state index is -0.808. The summed E-state index contributed by atoms with van der Waals surface area (Å²) in [6.45, 7) is 6.47. The highest BCUT2D eigenvalue weighted by Crippen LogP contribution is 2.16. The second kappa shape index (κ2) is 66.1. The lowest BCUT2D eigenvalue weighted by atomic mass is 10.0. The van der Waals surface area contributed by atoms with Gasteiger partial charge in [-0.05, 0) is 122 Å². The fourth-order valence-corrected chi connectivity index (χ4v) is 8.76. The number of hydrogen-bond acceptors (Lipinski definition) is 6. The summed E-state index contributed by atoms with van der Waals surface area (Å²) in [5.41, 5.74) is 0. The van der Waals surface area contributed by atoms with Gasteiger partial charge in [0.05, 0.1) is 0 Å². The first-order chi connectivity index (χ1) is 39.0. The normalized spacial score (nSPS) is 13.0. The Morgan fingerprint density at radius 2 is 0.494 bits per heavy atom. The highest BCUT2D eigenvalue weighted by atomic mass is 16.6. The highest BCUT2D eigenvalue weighted by molar-refractivity contribution is 5.71. The van der Waals surface area contributed by atoms with Gasteiger partial charge in [0.2, 0.25) is 0 Å². The summed E-state index contributed by atoms with van der Waals surface area (Å²) in [4.78, 5) is 38.3. The Balaban J connectivity index is 4.48. The van der Waals surface area contributed by atoms with Crippen molar-refractivity contribution in [1.82, 2.24) is 0 Å². The average Bonchev–Trinajstić information content (AvgIpc) is 3.45. The Bertz CT molecular complexity index is 1680. The Kier molecular flexibility index (Phi) is 62.3. The van der Waals surface area contributed by atoms with Gasteiger partial charge in [-0.2, -0.15) is 0 Å². The molecule has 0 aliphatic rings. The molecule has 0 fully saturated rings. The maximum atomic E-state index is 12.9. The van der Waals surface area contributed by atoms with E-state index in [1.807, 2.05) is 0 Å². The molecule has 0 saturated heterocycles. The zero-order valence-corrected chi connectivity index (χ0v) is 51.3. The van der Waals surface area contributed by atoms with Gasteiger partial charge in [0.1, 0.15) is 13.2 Å². The second-order valence-electron chi connectivity index (χ2n) is 21.3. The molecule has 0 bridgehead atoms. The van der Waals surface area contributed by atoms with E-state index in [0.29, 0.717) is 25.7 Å². The first kappa shape index (κ1) is 74.5. The van der Waals surface area contributed by atoms with Gasteiger partial charge in [-0.3, -0.25) is 14.4 Å². The Morgan fingerprint density at radius 1 is 0.266 bits per heavy atom. The van der Waals surface area contributed by atoms with E-state index >= 15 is 0 Å². The van der Waals surface area contributed by atoms with Crippen LogP contribution in [-0.2, 0) is 28.6 Å². The Labute approximate surface area is 487 Å². The molecule has 0 aromatic carbocycles. The largest absolute Gasteiger partial charge is 0.462 e. The van der Waals surface area contributed by atoms with Crippen LogP contribution in [0.2, 0.25) is 0 Å². The van der Waals surface area contributed by atoms with Crippen molar-refractivity contribution in [2.75, 3.05) is 13.2 Å². The van der Waals surface area contributed by atoms with Crippen LogP contribution in [0.4, 0.5) is 0 Å². The first-order valence-electron chi connectivity index (χ1n) is 32.7. The van der Waals surface area contributed by atoms with Gasteiger partial charge in [0.15, 0.2) is 6.10 Å². The predicted octanol–water partition coefficient (Wildman–Crippen LogP) is 22.5. The number of hydrogen-bond donors (Lipinski definition) is 0. The summed E-state index contributed by atoms with van der Waals surface area (Å²) >= 11 is 0. The number of carbonyl (C=O) groups excluding carboxylic acids is 3. The van der Waals surface area contributed by atoms with E-state index in [1.165, 1.54) is 116 Å². The van der Waals surface area contributed by atoms with Crippen LogP contribution < -0.4 is 0 Å². The van der Waals surface area contributed by atoms with E-state index in [-0.39, 0.29) is 31.1 Å². The molecule has 448 valence electrons. The topological polar surface area (TPSA) is 78.9 Å². The molecule has 0 aromatic heterocycles. The molecule has 0 spiro atoms. The summed E-state index contributed by atoms with van der Waals surface area (Å²) in [5.74, 6) is -0.952. The van der Waals surface area contributed by atoms with Crippen LogP contribution in [-0.4, -0.2) is 37.2 Å². The zero-order chi connectivity index (χ0) is 57.1. The Hall–Kier alpha value is -4.45. The zero-order valence-electron chi connectivity index (χ0n) is 51.3. The van der Waals surface area contributed by atoms with Gasteiger partial charge in [-0.15, -0.1) is 0 Å². The molecule has 0 aliphatic carbocycles. The van der Waals surface area contributed by atoms with Gasteiger partial charge in [0.25, 0.3) is 0 Å². The quantitative estimate of drug-likeness (QED) is 0.0261. The molecule has 6 heteroatoms. The predicted molar refractivity (Wildman–Crippen MR) is 343 cm³/mol. The van der Waals surface area contributed by atoms with E-state index < -0.39 is 6.10 Å². The van der Waals surface area contributed by atoms with Crippen LogP contribution >= 0.6 is 0 Å². The summed E-state index contributed by atoms with van der Waals surface area (Å²) in [6.07, 6.45) is 93.1. The molecule has 6 nitrogen and oxygen atoms in total. The maximum Gasteiger partial charge on any atom is 0.306 e. The third-order valence-electron chi connectivity index (χ3n) is 13.6. The van der Waals surface area contributed by atoms with Crippen molar-refractivity contribution in [3.63, 3.8) is 0 Å². The van der Waals surface area contributed by atoms with E-state index in [9.17, 15) is 14.4 Å². The van der Waals surface area contributed by atoms with Crippen molar-refractivity contribution in [1.29, 1.82) is 0 Å². The van der Waals surface area contributed by atoms with E-state index in [2.05, 4.69) is 154 Å². The number of ether oxygens (including phenoxy) is 3. The summed E-state index contributed by atoms with van der Waals surface area (Å²) in [5, 5.41) is 0. The molecule has 0 saturated carbocycles. The Morgan fingerprint density at radius 3 is 0.823 bits per heavy atom. The molecule has 0 heterocycles. The summed E-state index contributed by atoms with van der Waals surface area (Å²) in [7, 11) is 0. The number of allylic oxidation sites excluding steroid dienone is 22. The van der Waals surface area contributed by atoms with E-state index in [4.69, 9.17) is 14.2 Å². The minimum absolute atomic E-state index is 0.0987. The molecule has 0 N–H and O–H groups in total. The van der Waals surface area contributed by atoms with Crippen LogP contribution in [0, 0.1) is 0 Å².